The van der Waals surface area contributed by atoms with E-state index in [0.717, 1.165) is 30.8 Å². The maximum Gasteiger partial charge on any atom is 0.264 e. The number of hydrogen-bond acceptors (Lipinski definition) is 3. The maximum absolute atomic E-state index is 11.4. The highest BCUT2D eigenvalue weighted by Crippen LogP contribution is 2.22. The Balaban J connectivity index is 1.76. The second kappa shape index (κ2) is 5.70. The zero-order chi connectivity index (χ0) is 13.1. The summed E-state index contributed by atoms with van der Waals surface area (Å²) in [4.78, 5) is 13.9. The summed E-state index contributed by atoms with van der Waals surface area (Å²) < 4.78 is 0. The van der Waals surface area contributed by atoms with Gasteiger partial charge in [-0.3, -0.25) is 9.69 Å². The summed E-state index contributed by atoms with van der Waals surface area (Å²) in [5.41, 5.74) is 2.07. The standard InChI is InChI=1S/C15H21N3O/c19-15-10-12-11-18(9-8-14(12)16-17-15)13-6-4-2-1-3-5-7-13/h4,6,10,13H,1-3,5,7-9,11H2,(H,17,19)/b6-4-. The quantitative estimate of drug-likeness (QED) is 0.785. The molecule has 102 valence electrons. The lowest BCUT2D eigenvalue weighted by atomic mass is 9.98. The molecule has 0 saturated carbocycles. The Bertz CT molecular complexity index is 520. The van der Waals surface area contributed by atoms with E-state index in [-0.39, 0.29) is 5.56 Å². The van der Waals surface area contributed by atoms with E-state index in [1.54, 1.807) is 6.07 Å². The van der Waals surface area contributed by atoms with Gasteiger partial charge in [0, 0.05) is 31.6 Å². The van der Waals surface area contributed by atoms with Gasteiger partial charge in [-0.25, -0.2) is 5.10 Å². The first-order valence-corrected chi connectivity index (χ1v) is 7.31. The highest BCUT2D eigenvalue weighted by atomic mass is 16.1. The Hall–Kier alpha value is -1.42. The van der Waals surface area contributed by atoms with E-state index in [1.807, 2.05) is 0 Å². The summed E-state index contributed by atoms with van der Waals surface area (Å²) in [5, 5.41) is 6.68. The molecule has 2 heterocycles. The molecule has 19 heavy (non-hydrogen) atoms. The molecule has 4 heteroatoms. The SMILES string of the molecule is O=c1cc2c(n[nH]1)CCN(C1/C=C\CCCCC1)C2. The summed E-state index contributed by atoms with van der Waals surface area (Å²) in [7, 11) is 0. The molecule has 0 bridgehead atoms. The Morgan fingerprint density at radius 2 is 2.26 bits per heavy atom. The molecule has 4 nitrogen and oxygen atoms in total. The number of nitrogens with one attached hydrogen (secondary N) is 1. The molecule has 1 aliphatic carbocycles. The minimum absolute atomic E-state index is 0.0891. The zero-order valence-corrected chi connectivity index (χ0v) is 11.3. The van der Waals surface area contributed by atoms with E-state index in [9.17, 15) is 4.79 Å². The molecule has 1 aromatic rings. The third-order valence-electron chi connectivity index (χ3n) is 4.18. The lowest BCUT2D eigenvalue weighted by Gasteiger charge is -2.34. The van der Waals surface area contributed by atoms with Gasteiger partial charge in [-0.05, 0) is 24.8 Å². The van der Waals surface area contributed by atoms with Gasteiger partial charge in [0.25, 0.3) is 5.56 Å². The monoisotopic (exact) mass is 259 g/mol. The summed E-state index contributed by atoms with van der Waals surface area (Å²) >= 11 is 0. The van der Waals surface area contributed by atoms with E-state index in [4.69, 9.17) is 0 Å². The number of hydrogen-bond donors (Lipinski definition) is 1. The van der Waals surface area contributed by atoms with Crippen LogP contribution in [0.25, 0.3) is 0 Å². The van der Waals surface area contributed by atoms with Crippen molar-refractivity contribution in [2.24, 2.45) is 0 Å². The molecule has 0 spiro atoms. The molecular formula is C15H21N3O. The van der Waals surface area contributed by atoms with Crippen LogP contribution in [0, 0.1) is 0 Å². The fourth-order valence-corrected chi connectivity index (χ4v) is 3.10. The number of nitrogens with zero attached hydrogens (tertiary/aromatic N) is 2. The number of H-pyrrole nitrogens is 1. The van der Waals surface area contributed by atoms with Crippen LogP contribution in [-0.2, 0) is 13.0 Å². The van der Waals surface area contributed by atoms with Crippen LogP contribution in [0.1, 0.15) is 43.4 Å². The fraction of sp³-hybridized carbons (Fsp3) is 0.600. The highest BCUT2D eigenvalue weighted by Gasteiger charge is 2.23. The molecule has 1 aromatic heterocycles. The number of allylic oxidation sites excluding steroid dienone is 1. The smallest absolute Gasteiger partial charge is 0.264 e. The summed E-state index contributed by atoms with van der Waals surface area (Å²) in [6.07, 6.45) is 12.1. The molecule has 3 rings (SSSR count). The van der Waals surface area contributed by atoms with E-state index in [2.05, 4.69) is 27.2 Å². The highest BCUT2D eigenvalue weighted by molar-refractivity contribution is 5.21. The minimum Gasteiger partial charge on any atom is -0.292 e. The average molecular weight is 259 g/mol. The summed E-state index contributed by atoms with van der Waals surface area (Å²) in [6.45, 7) is 1.91. The molecule has 0 aromatic carbocycles. The van der Waals surface area contributed by atoms with Gasteiger partial charge in [-0.15, -0.1) is 0 Å². The second-order valence-corrected chi connectivity index (χ2v) is 5.56. The summed E-state index contributed by atoms with van der Waals surface area (Å²) in [5.74, 6) is 0. The lowest BCUT2D eigenvalue weighted by Crippen LogP contribution is -2.39. The predicted octanol–water partition coefficient (Wildman–Crippen LogP) is 2.02. The normalized spacial score (nSPS) is 26.2. The van der Waals surface area contributed by atoms with Crippen molar-refractivity contribution in [3.05, 3.63) is 39.8 Å². The van der Waals surface area contributed by atoms with Crippen LogP contribution in [0.2, 0.25) is 0 Å². The fourth-order valence-electron chi connectivity index (χ4n) is 3.10. The number of rotatable bonds is 1. The molecule has 1 aliphatic heterocycles. The lowest BCUT2D eigenvalue weighted by molar-refractivity contribution is 0.195. The molecule has 0 radical (unpaired) electrons. The van der Waals surface area contributed by atoms with Gasteiger partial charge >= 0.3 is 0 Å². The molecule has 1 atom stereocenters. The molecule has 1 unspecified atom stereocenters. The molecule has 0 amide bonds. The van der Waals surface area contributed by atoms with E-state index < -0.39 is 0 Å². The van der Waals surface area contributed by atoms with Gasteiger partial charge in [0.15, 0.2) is 0 Å². The molecule has 2 aliphatic rings. The largest absolute Gasteiger partial charge is 0.292 e. The van der Waals surface area contributed by atoms with Gasteiger partial charge in [0.1, 0.15) is 0 Å². The Kier molecular flexibility index (Phi) is 3.78. The van der Waals surface area contributed by atoms with E-state index in [1.165, 1.54) is 32.1 Å². The maximum atomic E-state index is 11.4. The second-order valence-electron chi connectivity index (χ2n) is 5.56. The van der Waals surface area contributed by atoms with Gasteiger partial charge in [-0.1, -0.05) is 25.0 Å². The average Bonchev–Trinajstić information content (AvgIpc) is 2.37. The minimum atomic E-state index is -0.0891. The first-order valence-electron chi connectivity index (χ1n) is 7.31. The van der Waals surface area contributed by atoms with Crippen LogP contribution in [0.3, 0.4) is 0 Å². The van der Waals surface area contributed by atoms with Crippen molar-refractivity contribution < 1.29 is 0 Å². The summed E-state index contributed by atoms with van der Waals surface area (Å²) in [6, 6.07) is 2.24. The molecule has 1 N–H and O–H groups in total. The molecule has 0 fully saturated rings. The van der Waals surface area contributed by atoms with E-state index >= 15 is 0 Å². The third-order valence-corrected chi connectivity index (χ3v) is 4.18. The first kappa shape index (κ1) is 12.6. The van der Waals surface area contributed by atoms with Crippen molar-refractivity contribution in [2.75, 3.05) is 6.54 Å². The van der Waals surface area contributed by atoms with Gasteiger partial charge in [0.05, 0.1) is 5.69 Å². The van der Waals surface area contributed by atoms with Crippen molar-refractivity contribution in [1.29, 1.82) is 0 Å². The van der Waals surface area contributed by atoms with Crippen LogP contribution in [0.15, 0.2) is 23.0 Å². The van der Waals surface area contributed by atoms with Crippen LogP contribution >= 0.6 is 0 Å². The van der Waals surface area contributed by atoms with Crippen molar-refractivity contribution in [3.63, 3.8) is 0 Å². The third kappa shape index (κ3) is 2.95. The first-order chi connectivity index (χ1) is 9.33. The Morgan fingerprint density at radius 3 is 3.21 bits per heavy atom. The van der Waals surface area contributed by atoms with Crippen LogP contribution < -0.4 is 5.56 Å². The zero-order valence-electron chi connectivity index (χ0n) is 11.3. The Labute approximate surface area is 113 Å². The van der Waals surface area contributed by atoms with Gasteiger partial charge in [-0.2, -0.15) is 5.10 Å². The number of aromatic amines is 1. The molecule has 0 saturated heterocycles. The van der Waals surface area contributed by atoms with Crippen molar-refractivity contribution in [2.45, 2.75) is 51.1 Å². The van der Waals surface area contributed by atoms with Gasteiger partial charge < -0.3 is 0 Å². The van der Waals surface area contributed by atoms with Gasteiger partial charge in [0.2, 0.25) is 0 Å². The topological polar surface area (TPSA) is 49.0 Å². The Morgan fingerprint density at radius 1 is 1.32 bits per heavy atom. The van der Waals surface area contributed by atoms with Crippen LogP contribution in [0.5, 0.6) is 0 Å². The van der Waals surface area contributed by atoms with E-state index in [0.29, 0.717) is 6.04 Å². The predicted molar refractivity (Wildman–Crippen MR) is 75.0 cm³/mol. The van der Waals surface area contributed by atoms with Crippen molar-refractivity contribution in [1.82, 2.24) is 15.1 Å². The van der Waals surface area contributed by atoms with Crippen LogP contribution in [-0.4, -0.2) is 27.7 Å². The number of aromatic nitrogens is 2. The van der Waals surface area contributed by atoms with Crippen molar-refractivity contribution in [3.8, 4) is 0 Å². The van der Waals surface area contributed by atoms with Crippen molar-refractivity contribution >= 4 is 0 Å². The van der Waals surface area contributed by atoms with Crippen LogP contribution in [0.4, 0.5) is 0 Å². The number of fused-ring (bicyclic) bond motifs is 1. The molecular weight excluding hydrogens is 238 g/mol.